The molecule has 1 heterocycles. The van der Waals surface area contributed by atoms with Gasteiger partial charge in [0.2, 0.25) is 0 Å². The molecule has 0 aliphatic heterocycles. The first-order valence-corrected chi connectivity index (χ1v) is 6.98. The largest absolute Gasteiger partial charge is 0.330 e. The molecule has 5 heteroatoms. The van der Waals surface area contributed by atoms with Crippen molar-refractivity contribution < 1.29 is 0 Å². The summed E-state index contributed by atoms with van der Waals surface area (Å²) in [5.41, 5.74) is 7.07. The number of rotatable bonds is 6. The van der Waals surface area contributed by atoms with Crippen LogP contribution in [0.3, 0.4) is 0 Å². The Morgan fingerprint density at radius 1 is 1.24 bits per heavy atom. The molecule has 0 amide bonds. The second-order valence-corrected chi connectivity index (χ2v) is 6.09. The van der Waals surface area contributed by atoms with Crippen LogP contribution in [-0.4, -0.2) is 34.6 Å². The van der Waals surface area contributed by atoms with Crippen LogP contribution in [0.5, 0.6) is 0 Å². The Balaban J connectivity index is 0.00000220. The first-order valence-electron chi connectivity index (χ1n) is 6.98. The van der Waals surface area contributed by atoms with E-state index in [-0.39, 0.29) is 17.8 Å². The van der Waals surface area contributed by atoms with Gasteiger partial charge in [-0.05, 0) is 31.1 Å². The zero-order valence-corrected chi connectivity index (χ0v) is 13.8. The molecular formula is C16H25ClN4. The summed E-state index contributed by atoms with van der Waals surface area (Å²) in [5.74, 6) is 1.05. The van der Waals surface area contributed by atoms with E-state index in [1.807, 2.05) is 30.6 Å². The summed E-state index contributed by atoms with van der Waals surface area (Å²) in [6, 6.07) is 10.3. The van der Waals surface area contributed by atoms with Crippen molar-refractivity contribution in [3.63, 3.8) is 0 Å². The first kappa shape index (κ1) is 17.7. The molecule has 0 saturated carbocycles. The third-order valence-corrected chi connectivity index (χ3v) is 3.41. The van der Waals surface area contributed by atoms with Crippen molar-refractivity contribution in [1.82, 2.24) is 14.5 Å². The summed E-state index contributed by atoms with van der Waals surface area (Å²) in [6.45, 7) is 6.82. The van der Waals surface area contributed by atoms with Gasteiger partial charge in [0.1, 0.15) is 5.82 Å². The van der Waals surface area contributed by atoms with Gasteiger partial charge in [-0.25, -0.2) is 4.98 Å². The number of nitrogens with zero attached hydrogens (tertiary/aromatic N) is 3. The minimum absolute atomic E-state index is 0. The van der Waals surface area contributed by atoms with Gasteiger partial charge < -0.3 is 10.3 Å². The Bertz CT molecular complexity index is 536. The second-order valence-electron chi connectivity index (χ2n) is 6.09. The number of aromatic nitrogens is 2. The van der Waals surface area contributed by atoms with Crippen LogP contribution in [0, 0.1) is 5.41 Å². The molecule has 0 unspecified atom stereocenters. The van der Waals surface area contributed by atoms with Crippen LogP contribution in [0.1, 0.15) is 19.7 Å². The Labute approximate surface area is 133 Å². The van der Waals surface area contributed by atoms with Gasteiger partial charge in [-0.2, -0.15) is 0 Å². The number of hydrogen-bond donors (Lipinski definition) is 1. The predicted octanol–water partition coefficient (Wildman–Crippen LogP) is 2.71. The molecule has 0 aliphatic carbocycles. The lowest BCUT2D eigenvalue weighted by Crippen LogP contribution is -2.36. The van der Waals surface area contributed by atoms with Crippen molar-refractivity contribution >= 4 is 12.4 Å². The van der Waals surface area contributed by atoms with E-state index in [1.165, 1.54) is 0 Å². The molecule has 1 aromatic carbocycles. The van der Waals surface area contributed by atoms with Crippen molar-refractivity contribution in [2.24, 2.45) is 11.1 Å². The molecule has 2 rings (SSSR count). The zero-order chi connectivity index (χ0) is 14.6. The molecule has 2 aromatic rings. The number of nitrogens with two attached hydrogens (primary N) is 1. The maximum atomic E-state index is 5.80. The zero-order valence-electron chi connectivity index (χ0n) is 13.0. The van der Waals surface area contributed by atoms with E-state index in [0.29, 0.717) is 6.54 Å². The SMILES string of the molecule is CN(Cc1nccn1-c1ccccc1)CC(C)(C)CN.Cl. The minimum atomic E-state index is 0. The van der Waals surface area contributed by atoms with E-state index >= 15 is 0 Å². The van der Waals surface area contributed by atoms with Gasteiger partial charge in [0.05, 0.1) is 6.54 Å². The van der Waals surface area contributed by atoms with Crippen molar-refractivity contribution in [2.75, 3.05) is 20.1 Å². The molecule has 0 spiro atoms. The summed E-state index contributed by atoms with van der Waals surface area (Å²) in [5, 5.41) is 0. The molecule has 2 N–H and O–H groups in total. The molecule has 116 valence electrons. The van der Waals surface area contributed by atoms with Crippen LogP contribution in [0.25, 0.3) is 5.69 Å². The van der Waals surface area contributed by atoms with E-state index in [9.17, 15) is 0 Å². The predicted molar refractivity (Wildman–Crippen MR) is 90.0 cm³/mol. The van der Waals surface area contributed by atoms with Gasteiger partial charge in [-0.1, -0.05) is 32.0 Å². The average molecular weight is 309 g/mol. The fourth-order valence-corrected chi connectivity index (χ4v) is 2.37. The van der Waals surface area contributed by atoms with Gasteiger partial charge in [0, 0.05) is 24.6 Å². The molecule has 0 radical (unpaired) electrons. The minimum Gasteiger partial charge on any atom is -0.330 e. The van der Waals surface area contributed by atoms with Gasteiger partial charge >= 0.3 is 0 Å². The van der Waals surface area contributed by atoms with Crippen LogP contribution < -0.4 is 5.73 Å². The van der Waals surface area contributed by atoms with Crippen LogP contribution in [0.2, 0.25) is 0 Å². The molecule has 0 fully saturated rings. The summed E-state index contributed by atoms with van der Waals surface area (Å²) in [6.07, 6.45) is 3.86. The van der Waals surface area contributed by atoms with E-state index in [2.05, 4.69) is 47.5 Å². The Morgan fingerprint density at radius 3 is 2.52 bits per heavy atom. The van der Waals surface area contributed by atoms with Gasteiger partial charge in [-0.15, -0.1) is 12.4 Å². The van der Waals surface area contributed by atoms with Crippen molar-refractivity contribution in [1.29, 1.82) is 0 Å². The van der Waals surface area contributed by atoms with E-state index in [4.69, 9.17) is 5.73 Å². The lowest BCUT2D eigenvalue weighted by atomic mass is 9.93. The molecule has 4 nitrogen and oxygen atoms in total. The molecule has 0 atom stereocenters. The average Bonchev–Trinajstić information content (AvgIpc) is 2.87. The standard InChI is InChI=1S/C16H24N4.ClH/c1-16(2,12-17)13-19(3)11-15-18-9-10-20(15)14-7-5-4-6-8-14;/h4-10H,11-13,17H2,1-3H3;1H. The second kappa shape index (κ2) is 7.59. The number of benzene rings is 1. The molecule has 0 saturated heterocycles. The smallest absolute Gasteiger partial charge is 0.127 e. The van der Waals surface area contributed by atoms with E-state index < -0.39 is 0 Å². The van der Waals surface area contributed by atoms with E-state index in [1.54, 1.807) is 0 Å². The molecule has 0 bridgehead atoms. The topological polar surface area (TPSA) is 47.1 Å². The highest BCUT2D eigenvalue weighted by Gasteiger charge is 2.19. The third kappa shape index (κ3) is 4.84. The van der Waals surface area contributed by atoms with Crippen LogP contribution in [0.15, 0.2) is 42.7 Å². The summed E-state index contributed by atoms with van der Waals surface area (Å²) in [7, 11) is 2.11. The number of halogens is 1. The Hall–Kier alpha value is -1.36. The Morgan fingerprint density at radius 2 is 1.90 bits per heavy atom. The highest BCUT2D eigenvalue weighted by molar-refractivity contribution is 5.85. The van der Waals surface area contributed by atoms with Gasteiger partial charge in [-0.3, -0.25) is 4.90 Å². The lowest BCUT2D eigenvalue weighted by Gasteiger charge is -2.28. The summed E-state index contributed by atoms with van der Waals surface area (Å²) < 4.78 is 2.13. The fourth-order valence-electron chi connectivity index (χ4n) is 2.37. The maximum Gasteiger partial charge on any atom is 0.127 e. The lowest BCUT2D eigenvalue weighted by molar-refractivity contribution is 0.205. The van der Waals surface area contributed by atoms with Crippen molar-refractivity contribution in [3.8, 4) is 5.69 Å². The molecular weight excluding hydrogens is 284 g/mol. The van der Waals surface area contributed by atoms with Crippen LogP contribution in [0.4, 0.5) is 0 Å². The van der Waals surface area contributed by atoms with Crippen molar-refractivity contribution in [3.05, 3.63) is 48.5 Å². The highest BCUT2D eigenvalue weighted by Crippen LogP contribution is 2.16. The number of imidazole rings is 1. The Kier molecular flexibility index (Phi) is 6.40. The monoisotopic (exact) mass is 308 g/mol. The number of para-hydroxylation sites is 1. The van der Waals surface area contributed by atoms with Gasteiger partial charge in [0.25, 0.3) is 0 Å². The third-order valence-electron chi connectivity index (χ3n) is 3.41. The maximum absolute atomic E-state index is 5.80. The quantitative estimate of drug-likeness (QED) is 0.892. The first-order chi connectivity index (χ1) is 9.52. The number of hydrogen-bond acceptors (Lipinski definition) is 3. The molecule has 1 aromatic heterocycles. The summed E-state index contributed by atoms with van der Waals surface area (Å²) in [4.78, 5) is 6.75. The van der Waals surface area contributed by atoms with Crippen LogP contribution >= 0.6 is 12.4 Å². The normalized spacial score (nSPS) is 11.5. The van der Waals surface area contributed by atoms with Crippen molar-refractivity contribution in [2.45, 2.75) is 20.4 Å². The molecule has 0 aliphatic rings. The van der Waals surface area contributed by atoms with E-state index in [0.717, 1.165) is 24.6 Å². The summed E-state index contributed by atoms with van der Waals surface area (Å²) >= 11 is 0. The molecule has 21 heavy (non-hydrogen) atoms. The van der Waals surface area contributed by atoms with Crippen LogP contribution in [-0.2, 0) is 6.54 Å². The highest BCUT2D eigenvalue weighted by atomic mass is 35.5. The fraction of sp³-hybridized carbons (Fsp3) is 0.438. The van der Waals surface area contributed by atoms with Gasteiger partial charge in [0.15, 0.2) is 0 Å².